The van der Waals surface area contributed by atoms with E-state index in [1.54, 1.807) is 0 Å². The van der Waals surface area contributed by atoms with Crippen LogP contribution in [0, 0.1) is 11.8 Å². The Morgan fingerprint density at radius 2 is 0.566 bits per heavy atom. The second-order valence-corrected chi connectivity index (χ2v) is 31.5. The van der Waals surface area contributed by atoms with Crippen molar-refractivity contribution in [3.8, 4) is 0 Å². The molecule has 584 valence electrons. The highest BCUT2D eigenvalue weighted by Gasteiger charge is 2.30. The van der Waals surface area contributed by atoms with E-state index < -0.39 is 97.5 Å². The highest BCUT2D eigenvalue weighted by Crippen LogP contribution is 2.45. The summed E-state index contributed by atoms with van der Waals surface area (Å²) in [5, 5.41) is 10.6. The van der Waals surface area contributed by atoms with Crippen LogP contribution in [0.4, 0.5) is 0 Å². The van der Waals surface area contributed by atoms with Gasteiger partial charge in [-0.05, 0) is 63.2 Å². The molecule has 0 aliphatic heterocycles. The van der Waals surface area contributed by atoms with Crippen LogP contribution < -0.4 is 0 Å². The van der Waals surface area contributed by atoms with Crippen LogP contribution in [0.25, 0.3) is 0 Å². The summed E-state index contributed by atoms with van der Waals surface area (Å²) in [6.07, 6.45) is 63.1. The van der Waals surface area contributed by atoms with E-state index in [-0.39, 0.29) is 25.7 Å². The number of aliphatic hydroxyl groups excluding tert-OH is 1. The van der Waals surface area contributed by atoms with Gasteiger partial charge in [0.15, 0.2) is 12.2 Å². The van der Waals surface area contributed by atoms with Crippen LogP contribution in [-0.4, -0.2) is 96.7 Å². The summed E-state index contributed by atoms with van der Waals surface area (Å²) < 4.78 is 68.6. The van der Waals surface area contributed by atoms with Crippen molar-refractivity contribution < 1.29 is 80.2 Å². The van der Waals surface area contributed by atoms with Crippen molar-refractivity contribution in [3.63, 3.8) is 0 Å². The second-order valence-electron chi connectivity index (χ2n) is 28.6. The molecule has 0 aromatic heterocycles. The van der Waals surface area contributed by atoms with Crippen molar-refractivity contribution >= 4 is 39.5 Å². The Balaban J connectivity index is 5.25. The molecule has 0 saturated carbocycles. The van der Waals surface area contributed by atoms with Crippen molar-refractivity contribution in [1.29, 1.82) is 0 Å². The molecule has 17 nitrogen and oxygen atoms in total. The Hall–Kier alpha value is -2.46. The number of rotatable bonds is 77. The normalized spacial score (nSPS) is 14.6. The number of aliphatic hydroxyl groups is 1. The number of hydrogen-bond acceptors (Lipinski definition) is 15. The molecular formula is C80H152O17P2. The highest BCUT2D eigenvalue weighted by atomic mass is 31.2. The Labute approximate surface area is 605 Å². The summed E-state index contributed by atoms with van der Waals surface area (Å²) in [5.41, 5.74) is 0. The lowest BCUT2D eigenvalue weighted by atomic mass is 9.99. The van der Waals surface area contributed by atoms with Gasteiger partial charge in [-0.25, -0.2) is 9.13 Å². The number of carbonyl (C=O) groups is 4. The largest absolute Gasteiger partial charge is 0.472 e. The van der Waals surface area contributed by atoms with Crippen molar-refractivity contribution in [2.45, 2.75) is 413 Å². The highest BCUT2D eigenvalue weighted by molar-refractivity contribution is 7.47. The number of esters is 4. The predicted octanol–water partition coefficient (Wildman–Crippen LogP) is 23.4. The second kappa shape index (κ2) is 71.2. The lowest BCUT2D eigenvalue weighted by Gasteiger charge is -2.21. The summed E-state index contributed by atoms with van der Waals surface area (Å²) in [4.78, 5) is 72.9. The summed E-state index contributed by atoms with van der Waals surface area (Å²) in [7, 11) is -9.93. The summed E-state index contributed by atoms with van der Waals surface area (Å²) in [6.45, 7) is 9.64. The van der Waals surface area contributed by atoms with Crippen molar-refractivity contribution in [1.82, 2.24) is 0 Å². The van der Waals surface area contributed by atoms with Crippen molar-refractivity contribution in [3.05, 3.63) is 24.3 Å². The van der Waals surface area contributed by atoms with E-state index in [0.29, 0.717) is 25.7 Å². The number of ether oxygens (including phenoxy) is 4. The molecule has 0 aromatic carbocycles. The van der Waals surface area contributed by atoms with E-state index in [1.807, 2.05) is 0 Å². The molecule has 7 atom stereocenters. The quantitative estimate of drug-likeness (QED) is 0.0169. The molecule has 0 aromatic rings. The molecule has 0 rings (SSSR count). The Kier molecular flexibility index (Phi) is 69.4. The first-order valence-corrected chi connectivity index (χ1v) is 43.9. The number of allylic oxidation sites excluding steroid dienone is 4. The average molecular weight is 1450 g/mol. The van der Waals surface area contributed by atoms with E-state index in [0.717, 1.165) is 121 Å². The molecular weight excluding hydrogens is 1290 g/mol. The van der Waals surface area contributed by atoms with E-state index >= 15 is 0 Å². The first-order chi connectivity index (χ1) is 47.9. The maximum atomic E-state index is 13.1. The van der Waals surface area contributed by atoms with Gasteiger partial charge in [-0.2, -0.15) is 0 Å². The third-order valence-electron chi connectivity index (χ3n) is 18.8. The van der Waals surface area contributed by atoms with Gasteiger partial charge in [0.25, 0.3) is 0 Å². The minimum absolute atomic E-state index is 0.0849. The van der Waals surface area contributed by atoms with E-state index in [2.05, 4.69) is 65.8 Å². The monoisotopic (exact) mass is 1450 g/mol. The Morgan fingerprint density at radius 1 is 0.323 bits per heavy atom. The van der Waals surface area contributed by atoms with Crippen LogP contribution >= 0.6 is 15.6 Å². The third kappa shape index (κ3) is 71.0. The molecule has 19 heteroatoms. The minimum Gasteiger partial charge on any atom is -0.462 e. The molecule has 4 unspecified atom stereocenters. The smallest absolute Gasteiger partial charge is 0.462 e. The molecule has 0 aliphatic carbocycles. The van der Waals surface area contributed by atoms with Crippen LogP contribution in [0.15, 0.2) is 24.3 Å². The van der Waals surface area contributed by atoms with Gasteiger partial charge in [-0.3, -0.25) is 37.3 Å². The van der Waals surface area contributed by atoms with Crippen LogP contribution in [0.1, 0.15) is 395 Å². The van der Waals surface area contributed by atoms with Crippen LogP contribution in [0.2, 0.25) is 0 Å². The summed E-state index contributed by atoms with van der Waals surface area (Å²) in [5.74, 6) is -0.450. The Morgan fingerprint density at radius 3 is 0.859 bits per heavy atom. The SMILES string of the molecule is CCCCCC/C=C\C=C/CCCCCCCC(=O)O[C@H](COC(=O)CCCCCCCCCC)COP(=O)(O)OC[C@H](O)COP(=O)(O)OC[C@@H](COC(=O)CCCCCCCCCCCCCCCCC(C)CC)OC(=O)CCCCCCCCCCCCCCCCC(C)CC. The van der Waals surface area contributed by atoms with Gasteiger partial charge in [0.1, 0.15) is 19.3 Å². The maximum absolute atomic E-state index is 13.1. The zero-order valence-electron chi connectivity index (χ0n) is 64.3. The standard InChI is InChI=1S/C80H152O17P2/c1-7-11-13-15-17-19-20-21-22-30-35-40-46-52-58-64-79(84)96-75(68-90-77(82)62-56-50-44-18-16-14-12-8-2)70-94-98(86,87)92-66-74(81)67-93-99(88,89)95-71-76(97-80(85)65-59-53-47-41-36-31-26-24-28-33-38-43-49-55-61-73(6)10-4)69-91-78(83)63-57-51-45-39-34-29-25-23-27-32-37-42-48-54-60-72(5)9-3/h19-22,72-76,81H,7-18,23-71H2,1-6H3,(H,86,87)(H,88,89)/b20-19-,22-21-/t72?,73?,74-,75+,76+/m0/s1. The lowest BCUT2D eigenvalue weighted by molar-refractivity contribution is -0.161. The molecule has 0 heterocycles. The topological polar surface area (TPSA) is 237 Å². The van der Waals surface area contributed by atoms with E-state index in [9.17, 15) is 43.2 Å². The van der Waals surface area contributed by atoms with Crippen LogP contribution in [0.3, 0.4) is 0 Å². The molecule has 0 fully saturated rings. The van der Waals surface area contributed by atoms with Crippen LogP contribution in [0.5, 0.6) is 0 Å². The molecule has 3 N–H and O–H groups in total. The molecule has 0 saturated heterocycles. The van der Waals surface area contributed by atoms with Crippen molar-refractivity contribution in [2.24, 2.45) is 11.8 Å². The molecule has 0 amide bonds. The molecule has 0 spiro atoms. The Bertz CT molecular complexity index is 2010. The fraction of sp³-hybridized carbons (Fsp3) is 0.900. The summed E-state index contributed by atoms with van der Waals surface area (Å²) in [6, 6.07) is 0. The van der Waals surface area contributed by atoms with Crippen molar-refractivity contribution in [2.75, 3.05) is 39.6 Å². The van der Waals surface area contributed by atoms with Gasteiger partial charge in [-0.15, -0.1) is 0 Å². The van der Waals surface area contributed by atoms with Gasteiger partial charge >= 0.3 is 39.5 Å². The number of phosphoric acid groups is 2. The number of phosphoric ester groups is 2. The van der Waals surface area contributed by atoms with Gasteiger partial charge in [0.2, 0.25) is 0 Å². The zero-order valence-corrected chi connectivity index (χ0v) is 66.1. The molecule has 0 aliphatic rings. The molecule has 0 bridgehead atoms. The zero-order chi connectivity index (χ0) is 72.8. The molecule has 99 heavy (non-hydrogen) atoms. The van der Waals surface area contributed by atoms with Gasteiger partial charge in [0, 0.05) is 25.7 Å². The maximum Gasteiger partial charge on any atom is 0.472 e. The minimum atomic E-state index is -4.96. The average Bonchev–Trinajstić information content (AvgIpc) is 1.68. The molecule has 0 radical (unpaired) electrons. The lowest BCUT2D eigenvalue weighted by Crippen LogP contribution is -2.30. The van der Waals surface area contributed by atoms with E-state index in [4.69, 9.17) is 37.0 Å². The number of hydrogen-bond donors (Lipinski definition) is 3. The van der Waals surface area contributed by atoms with Gasteiger partial charge in [0.05, 0.1) is 26.4 Å². The third-order valence-corrected chi connectivity index (χ3v) is 20.7. The van der Waals surface area contributed by atoms with E-state index in [1.165, 1.54) is 193 Å². The number of unbranched alkanes of at least 4 members (excludes halogenated alkanes) is 42. The van der Waals surface area contributed by atoms with Crippen LogP contribution in [-0.2, 0) is 65.4 Å². The fourth-order valence-corrected chi connectivity index (χ4v) is 13.3. The fourth-order valence-electron chi connectivity index (χ4n) is 11.8. The predicted molar refractivity (Wildman–Crippen MR) is 404 cm³/mol. The first kappa shape index (κ1) is 96.5. The van der Waals surface area contributed by atoms with Gasteiger partial charge in [-0.1, -0.05) is 342 Å². The van der Waals surface area contributed by atoms with Gasteiger partial charge < -0.3 is 33.8 Å². The number of carbonyl (C=O) groups excluding carboxylic acids is 4. The summed E-state index contributed by atoms with van der Waals surface area (Å²) >= 11 is 0. The first-order valence-electron chi connectivity index (χ1n) is 40.9.